The van der Waals surface area contributed by atoms with Gasteiger partial charge in [0.15, 0.2) is 0 Å². The van der Waals surface area contributed by atoms with Gasteiger partial charge in [-0.3, -0.25) is 0 Å². The van der Waals surface area contributed by atoms with E-state index in [4.69, 9.17) is 17.3 Å². The fourth-order valence-electron chi connectivity index (χ4n) is 2.19. The molecule has 3 heteroatoms. The minimum absolute atomic E-state index is 0.457. The molecule has 100 valence electrons. The average Bonchev–Trinajstić information content (AvgIpc) is 2.40. The van der Waals surface area contributed by atoms with Gasteiger partial charge in [0.05, 0.1) is 0 Å². The molecular weight excluding hydrogens is 369 g/mol. The van der Waals surface area contributed by atoms with Crippen molar-refractivity contribution in [2.45, 2.75) is 12.8 Å². The summed E-state index contributed by atoms with van der Waals surface area (Å²) in [6.45, 7) is 0.693. The Balaban J connectivity index is 2.02. The van der Waals surface area contributed by atoms with Gasteiger partial charge < -0.3 is 5.73 Å². The standard InChI is InChI=1S/C16H17ClIN/c17-15-3-1-2-13(10-15)9-14(11-19)8-12-4-6-16(18)7-5-12/h1-7,10,14H,8-9,11,19H2. The predicted octanol–water partition coefficient (Wildman–Crippen LogP) is 4.30. The number of benzene rings is 2. The molecule has 0 aromatic heterocycles. The van der Waals surface area contributed by atoms with Crippen molar-refractivity contribution in [3.63, 3.8) is 0 Å². The highest BCUT2D eigenvalue weighted by atomic mass is 127. The van der Waals surface area contributed by atoms with E-state index in [1.807, 2.05) is 18.2 Å². The molecule has 1 unspecified atom stereocenters. The van der Waals surface area contributed by atoms with E-state index in [0.717, 1.165) is 17.9 Å². The van der Waals surface area contributed by atoms with Crippen molar-refractivity contribution in [2.75, 3.05) is 6.54 Å². The maximum Gasteiger partial charge on any atom is 0.0408 e. The summed E-state index contributed by atoms with van der Waals surface area (Å²) in [6.07, 6.45) is 1.99. The van der Waals surface area contributed by atoms with E-state index >= 15 is 0 Å². The highest BCUT2D eigenvalue weighted by Gasteiger charge is 2.09. The number of halogens is 2. The summed E-state index contributed by atoms with van der Waals surface area (Å²) in [4.78, 5) is 0. The predicted molar refractivity (Wildman–Crippen MR) is 90.6 cm³/mol. The summed E-state index contributed by atoms with van der Waals surface area (Å²) in [7, 11) is 0. The van der Waals surface area contributed by atoms with Crippen LogP contribution in [-0.2, 0) is 12.8 Å². The van der Waals surface area contributed by atoms with Gasteiger partial charge in [0.2, 0.25) is 0 Å². The number of nitrogens with two attached hydrogens (primary N) is 1. The van der Waals surface area contributed by atoms with Gasteiger partial charge in [0.25, 0.3) is 0 Å². The van der Waals surface area contributed by atoms with Crippen molar-refractivity contribution in [3.05, 3.63) is 68.3 Å². The molecule has 1 nitrogen and oxygen atoms in total. The van der Waals surface area contributed by atoms with E-state index in [9.17, 15) is 0 Å². The first-order valence-corrected chi connectivity index (χ1v) is 7.82. The molecule has 0 bridgehead atoms. The third-order valence-electron chi connectivity index (χ3n) is 3.18. The van der Waals surface area contributed by atoms with Crippen LogP contribution in [0.4, 0.5) is 0 Å². The van der Waals surface area contributed by atoms with Crippen LogP contribution in [0.25, 0.3) is 0 Å². The Morgan fingerprint density at radius 3 is 2.32 bits per heavy atom. The van der Waals surface area contributed by atoms with E-state index < -0.39 is 0 Å². The van der Waals surface area contributed by atoms with Crippen LogP contribution in [0.15, 0.2) is 48.5 Å². The Morgan fingerprint density at radius 2 is 1.68 bits per heavy atom. The smallest absolute Gasteiger partial charge is 0.0408 e. The molecule has 1 atom stereocenters. The molecule has 0 amide bonds. The largest absolute Gasteiger partial charge is 0.330 e. The lowest BCUT2D eigenvalue weighted by molar-refractivity contribution is 0.533. The molecule has 2 aromatic rings. The Kier molecular flexibility index (Phi) is 5.67. The lowest BCUT2D eigenvalue weighted by Gasteiger charge is -2.15. The highest BCUT2D eigenvalue weighted by Crippen LogP contribution is 2.18. The van der Waals surface area contributed by atoms with Crippen LogP contribution in [0, 0.1) is 9.49 Å². The van der Waals surface area contributed by atoms with Gasteiger partial charge in [-0.15, -0.1) is 0 Å². The molecule has 19 heavy (non-hydrogen) atoms. The molecular formula is C16H17ClIN. The van der Waals surface area contributed by atoms with Crippen LogP contribution in [0.2, 0.25) is 5.02 Å². The van der Waals surface area contributed by atoms with Crippen LogP contribution in [0.3, 0.4) is 0 Å². The van der Waals surface area contributed by atoms with Gasteiger partial charge in [-0.05, 0) is 83.3 Å². The third kappa shape index (κ3) is 4.79. The molecule has 0 saturated heterocycles. The zero-order valence-corrected chi connectivity index (χ0v) is 13.6. The number of hydrogen-bond donors (Lipinski definition) is 1. The molecule has 0 fully saturated rings. The van der Waals surface area contributed by atoms with Crippen molar-refractivity contribution in [1.29, 1.82) is 0 Å². The average molecular weight is 386 g/mol. The van der Waals surface area contributed by atoms with Crippen molar-refractivity contribution in [3.8, 4) is 0 Å². The van der Waals surface area contributed by atoms with E-state index in [1.54, 1.807) is 0 Å². The normalized spacial score (nSPS) is 12.4. The molecule has 0 heterocycles. The molecule has 2 aromatic carbocycles. The number of hydrogen-bond acceptors (Lipinski definition) is 1. The Hall–Kier alpha value is -0.580. The van der Waals surface area contributed by atoms with Crippen molar-refractivity contribution in [1.82, 2.24) is 0 Å². The molecule has 0 aliphatic rings. The van der Waals surface area contributed by atoms with Crippen molar-refractivity contribution in [2.24, 2.45) is 11.7 Å². The van der Waals surface area contributed by atoms with Gasteiger partial charge in [0.1, 0.15) is 0 Å². The fraction of sp³-hybridized carbons (Fsp3) is 0.250. The summed E-state index contributed by atoms with van der Waals surface area (Å²) >= 11 is 8.34. The first-order chi connectivity index (χ1) is 9.17. The van der Waals surface area contributed by atoms with Gasteiger partial charge in [-0.25, -0.2) is 0 Å². The third-order valence-corrected chi connectivity index (χ3v) is 4.14. The summed E-state index contributed by atoms with van der Waals surface area (Å²) in [5.74, 6) is 0.457. The maximum atomic E-state index is 6.02. The molecule has 0 aliphatic heterocycles. The second kappa shape index (κ2) is 7.27. The molecule has 2 N–H and O–H groups in total. The summed E-state index contributed by atoms with van der Waals surface area (Å²) < 4.78 is 1.26. The molecule has 0 radical (unpaired) electrons. The minimum atomic E-state index is 0.457. The summed E-state index contributed by atoms with van der Waals surface area (Å²) in [5.41, 5.74) is 8.51. The van der Waals surface area contributed by atoms with E-state index in [-0.39, 0.29) is 0 Å². The lowest BCUT2D eigenvalue weighted by atomic mass is 9.93. The molecule has 0 aliphatic carbocycles. The Bertz CT molecular complexity index is 525. The lowest BCUT2D eigenvalue weighted by Crippen LogP contribution is -2.19. The van der Waals surface area contributed by atoms with Gasteiger partial charge in [0, 0.05) is 8.59 Å². The monoisotopic (exact) mass is 385 g/mol. The number of rotatable bonds is 5. The molecule has 0 spiro atoms. The van der Waals surface area contributed by atoms with E-state index in [2.05, 4.69) is 52.9 Å². The zero-order valence-electron chi connectivity index (χ0n) is 10.7. The van der Waals surface area contributed by atoms with Crippen LogP contribution >= 0.6 is 34.2 Å². The van der Waals surface area contributed by atoms with Crippen LogP contribution in [0.5, 0.6) is 0 Å². The fourth-order valence-corrected chi connectivity index (χ4v) is 2.76. The SMILES string of the molecule is NCC(Cc1ccc(I)cc1)Cc1cccc(Cl)c1. The first kappa shape index (κ1) is 14.8. The van der Waals surface area contributed by atoms with Crippen LogP contribution < -0.4 is 5.73 Å². The second-order valence-corrected chi connectivity index (χ2v) is 6.45. The molecule has 0 saturated carbocycles. The summed E-state index contributed by atoms with van der Waals surface area (Å²) in [6, 6.07) is 16.7. The van der Waals surface area contributed by atoms with Gasteiger partial charge >= 0.3 is 0 Å². The topological polar surface area (TPSA) is 26.0 Å². The highest BCUT2D eigenvalue weighted by molar-refractivity contribution is 14.1. The maximum absolute atomic E-state index is 6.02. The van der Waals surface area contributed by atoms with Gasteiger partial charge in [-0.2, -0.15) is 0 Å². The minimum Gasteiger partial charge on any atom is -0.330 e. The van der Waals surface area contributed by atoms with Gasteiger partial charge in [-0.1, -0.05) is 35.9 Å². The first-order valence-electron chi connectivity index (χ1n) is 6.36. The van der Waals surface area contributed by atoms with E-state index in [1.165, 1.54) is 14.7 Å². The van der Waals surface area contributed by atoms with E-state index in [0.29, 0.717) is 12.5 Å². The Morgan fingerprint density at radius 1 is 1.00 bits per heavy atom. The van der Waals surface area contributed by atoms with Crippen LogP contribution in [0.1, 0.15) is 11.1 Å². The second-order valence-electron chi connectivity index (χ2n) is 4.77. The van der Waals surface area contributed by atoms with Crippen molar-refractivity contribution >= 4 is 34.2 Å². The Labute approximate surface area is 133 Å². The zero-order chi connectivity index (χ0) is 13.7. The summed E-state index contributed by atoms with van der Waals surface area (Å²) in [5, 5.41) is 0.794. The quantitative estimate of drug-likeness (QED) is 0.763. The van der Waals surface area contributed by atoms with Crippen molar-refractivity contribution < 1.29 is 0 Å². The van der Waals surface area contributed by atoms with Crippen LogP contribution in [-0.4, -0.2) is 6.54 Å². The molecule has 2 rings (SSSR count).